The molecule has 3 heterocycles. The van der Waals surface area contributed by atoms with Crippen LogP contribution < -0.4 is 14.4 Å². The first-order chi connectivity index (χ1) is 12.7. The first-order valence-corrected chi connectivity index (χ1v) is 9.04. The molecule has 1 aliphatic heterocycles. The number of ether oxygens (including phenoxy) is 2. The van der Waals surface area contributed by atoms with Crippen molar-refractivity contribution in [3.05, 3.63) is 47.8 Å². The quantitative estimate of drug-likeness (QED) is 0.705. The maximum Gasteiger partial charge on any atom is 0.157 e. The minimum atomic E-state index is 0.393. The predicted octanol–water partition coefficient (Wildman–Crippen LogP) is 3.30. The highest BCUT2D eigenvalue weighted by Gasteiger charge is 2.28. The Labute approximate surface area is 153 Å². The van der Waals surface area contributed by atoms with Crippen LogP contribution in [-0.2, 0) is 6.42 Å². The van der Waals surface area contributed by atoms with Crippen molar-refractivity contribution in [1.29, 1.82) is 0 Å². The molecule has 2 aromatic heterocycles. The Hall–Kier alpha value is -2.76. The van der Waals surface area contributed by atoms with E-state index in [1.54, 1.807) is 14.2 Å². The number of hydrogen-bond acceptors (Lipinski definition) is 5. The van der Waals surface area contributed by atoms with Gasteiger partial charge in [0.25, 0.3) is 0 Å². The summed E-state index contributed by atoms with van der Waals surface area (Å²) in [4.78, 5) is 7.04. The molecule has 0 bridgehead atoms. The van der Waals surface area contributed by atoms with Crippen LogP contribution in [0.3, 0.4) is 0 Å². The SMILES string of the molecule is CCc1cc(N2CC[C@@H](c3cc(OC)ccc3OC)C2)n2nccc2n1. The summed E-state index contributed by atoms with van der Waals surface area (Å²) in [6.07, 6.45) is 3.79. The Morgan fingerprint density at radius 1 is 1.15 bits per heavy atom. The summed E-state index contributed by atoms with van der Waals surface area (Å²) in [6, 6.07) is 10.1. The second kappa shape index (κ2) is 6.86. The van der Waals surface area contributed by atoms with Gasteiger partial charge in [-0.05, 0) is 31.0 Å². The van der Waals surface area contributed by atoms with Gasteiger partial charge in [-0.15, -0.1) is 0 Å². The molecule has 1 aliphatic rings. The molecule has 26 heavy (non-hydrogen) atoms. The van der Waals surface area contributed by atoms with E-state index in [1.165, 1.54) is 5.56 Å². The average Bonchev–Trinajstić information content (AvgIpc) is 3.35. The zero-order chi connectivity index (χ0) is 18.1. The maximum absolute atomic E-state index is 5.59. The molecule has 0 saturated carbocycles. The van der Waals surface area contributed by atoms with Crippen LogP contribution in [0, 0.1) is 0 Å². The number of hydrogen-bond donors (Lipinski definition) is 0. The summed E-state index contributed by atoms with van der Waals surface area (Å²) in [6.45, 7) is 4.03. The number of rotatable bonds is 5. The summed E-state index contributed by atoms with van der Waals surface area (Å²) >= 11 is 0. The first-order valence-electron chi connectivity index (χ1n) is 9.04. The van der Waals surface area contributed by atoms with Gasteiger partial charge < -0.3 is 14.4 Å². The van der Waals surface area contributed by atoms with E-state index in [4.69, 9.17) is 9.47 Å². The van der Waals surface area contributed by atoms with Crippen molar-refractivity contribution in [2.45, 2.75) is 25.7 Å². The monoisotopic (exact) mass is 352 g/mol. The van der Waals surface area contributed by atoms with Crippen LogP contribution in [0.25, 0.3) is 5.65 Å². The topological polar surface area (TPSA) is 51.9 Å². The number of benzene rings is 1. The van der Waals surface area contributed by atoms with E-state index in [-0.39, 0.29) is 0 Å². The number of fused-ring (bicyclic) bond motifs is 1. The van der Waals surface area contributed by atoms with Gasteiger partial charge in [0.15, 0.2) is 5.65 Å². The summed E-state index contributed by atoms with van der Waals surface area (Å²) in [5.41, 5.74) is 3.20. The van der Waals surface area contributed by atoms with E-state index in [1.807, 2.05) is 28.9 Å². The van der Waals surface area contributed by atoms with Gasteiger partial charge in [-0.3, -0.25) is 0 Å². The van der Waals surface area contributed by atoms with Crippen molar-refractivity contribution in [1.82, 2.24) is 14.6 Å². The fourth-order valence-corrected chi connectivity index (χ4v) is 3.73. The van der Waals surface area contributed by atoms with Crippen molar-refractivity contribution < 1.29 is 9.47 Å². The number of aromatic nitrogens is 3. The highest BCUT2D eigenvalue weighted by molar-refractivity contribution is 5.53. The Bertz CT molecular complexity index is 921. The van der Waals surface area contributed by atoms with Crippen LogP contribution in [0.4, 0.5) is 5.82 Å². The van der Waals surface area contributed by atoms with Gasteiger partial charge in [-0.2, -0.15) is 9.61 Å². The third kappa shape index (κ3) is 2.85. The third-order valence-corrected chi connectivity index (χ3v) is 5.14. The lowest BCUT2D eigenvalue weighted by Gasteiger charge is -2.21. The lowest BCUT2D eigenvalue weighted by atomic mass is 9.97. The van der Waals surface area contributed by atoms with E-state index in [9.17, 15) is 0 Å². The molecule has 0 aliphatic carbocycles. The zero-order valence-corrected chi connectivity index (χ0v) is 15.5. The van der Waals surface area contributed by atoms with E-state index in [0.717, 1.165) is 54.6 Å². The largest absolute Gasteiger partial charge is 0.497 e. The highest BCUT2D eigenvalue weighted by Crippen LogP contribution is 2.37. The number of methoxy groups -OCH3 is 2. The molecular weight excluding hydrogens is 328 g/mol. The number of aryl methyl sites for hydroxylation is 1. The summed E-state index contributed by atoms with van der Waals surface area (Å²) < 4.78 is 12.9. The van der Waals surface area contributed by atoms with E-state index < -0.39 is 0 Å². The molecule has 6 heteroatoms. The van der Waals surface area contributed by atoms with E-state index in [2.05, 4.69) is 34.0 Å². The standard InChI is InChI=1S/C20H24N4O2/c1-4-15-11-20(24-19(22-15)7-9-21-24)23-10-8-14(13-23)17-12-16(25-2)5-6-18(17)26-3/h5-7,9,11-12,14H,4,8,10,13H2,1-3H3/t14-/m1/s1. The van der Waals surface area contributed by atoms with Crippen molar-refractivity contribution in [2.75, 3.05) is 32.2 Å². The van der Waals surface area contributed by atoms with Gasteiger partial charge in [0.05, 0.1) is 20.4 Å². The molecule has 1 fully saturated rings. The minimum absolute atomic E-state index is 0.393. The Morgan fingerprint density at radius 3 is 2.81 bits per heavy atom. The average molecular weight is 352 g/mol. The molecule has 136 valence electrons. The minimum Gasteiger partial charge on any atom is -0.497 e. The predicted molar refractivity (Wildman–Crippen MR) is 101 cm³/mol. The highest BCUT2D eigenvalue weighted by atomic mass is 16.5. The number of nitrogens with zero attached hydrogens (tertiary/aromatic N) is 4. The fourth-order valence-electron chi connectivity index (χ4n) is 3.73. The first kappa shape index (κ1) is 16.7. The molecule has 1 saturated heterocycles. The zero-order valence-electron chi connectivity index (χ0n) is 15.5. The second-order valence-corrected chi connectivity index (χ2v) is 6.60. The van der Waals surface area contributed by atoms with Crippen molar-refractivity contribution in [3.8, 4) is 11.5 Å². The van der Waals surface area contributed by atoms with E-state index in [0.29, 0.717) is 5.92 Å². The van der Waals surface area contributed by atoms with Gasteiger partial charge >= 0.3 is 0 Å². The van der Waals surface area contributed by atoms with Gasteiger partial charge in [-0.25, -0.2) is 4.98 Å². The lowest BCUT2D eigenvalue weighted by Crippen LogP contribution is -2.23. The Kier molecular flexibility index (Phi) is 4.41. The molecule has 0 unspecified atom stereocenters. The van der Waals surface area contributed by atoms with Gasteiger partial charge in [0, 0.05) is 42.4 Å². The smallest absolute Gasteiger partial charge is 0.157 e. The van der Waals surface area contributed by atoms with Crippen LogP contribution >= 0.6 is 0 Å². The van der Waals surface area contributed by atoms with Crippen LogP contribution in [-0.4, -0.2) is 41.9 Å². The lowest BCUT2D eigenvalue weighted by molar-refractivity contribution is 0.396. The normalized spacial score (nSPS) is 17.0. The molecule has 3 aromatic rings. The summed E-state index contributed by atoms with van der Waals surface area (Å²) in [5, 5.41) is 4.47. The van der Waals surface area contributed by atoms with Crippen molar-refractivity contribution >= 4 is 11.5 Å². The van der Waals surface area contributed by atoms with Crippen molar-refractivity contribution in [2.24, 2.45) is 0 Å². The van der Waals surface area contributed by atoms with Crippen LogP contribution in [0.5, 0.6) is 11.5 Å². The molecular formula is C20H24N4O2. The molecule has 6 nitrogen and oxygen atoms in total. The second-order valence-electron chi connectivity index (χ2n) is 6.60. The summed E-state index contributed by atoms with van der Waals surface area (Å²) in [7, 11) is 3.42. The van der Waals surface area contributed by atoms with Gasteiger partial charge in [0.2, 0.25) is 0 Å². The maximum atomic E-state index is 5.59. The molecule has 0 spiro atoms. The molecule has 1 atom stereocenters. The third-order valence-electron chi connectivity index (χ3n) is 5.14. The molecule has 0 radical (unpaired) electrons. The molecule has 0 amide bonds. The molecule has 1 aromatic carbocycles. The fraction of sp³-hybridized carbons (Fsp3) is 0.400. The van der Waals surface area contributed by atoms with Gasteiger partial charge in [0.1, 0.15) is 17.3 Å². The Balaban J connectivity index is 1.67. The molecule has 4 rings (SSSR count). The summed E-state index contributed by atoms with van der Waals surface area (Å²) in [5.74, 6) is 3.29. The van der Waals surface area contributed by atoms with Crippen LogP contribution in [0.1, 0.15) is 30.5 Å². The van der Waals surface area contributed by atoms with Crippen molar-refractivity contribution in [3.63, 3.8) is 0 Å². The van der Waals surface area contributed by atoms with E-state index >= 15 is 0 Å². The van der Waals surface area contributed by atoms with Crippen LogP contribution in [0.15, 0.2) is 36.5 Å². The van der Waals surface area contributed by atoms with Crippen LogP contribution in [0.2, 0.25) is 0 Å². The van der Waals surface area contributed by atoms with Gasteiger partial charge in [-0.1, -0.05) is 6.92 Å². The molecule has 0 N–H and O–H groups in total. The number of anilines is 1. The Morgan fingerprint density at radius 2 is 2.04 bits per heavy atom.